The molecule has 0 aromatic heterocycles. The van der Waals surface area contributed by atoms with E-state index in [2.05, 4.69) is 4.74 Å². The molecule has 88 valence electrons. The van der Waals surface area contributed by atoms with Crippen LogP contribution in [0.25, 0.3) is 0 Å². The average Bonchev–Trinajstić information content (AvgIpc) is 2.25. The zero-order valence-corrected chi connectivity index (χ0v) is 10.7. The van der Waals surface area contributed by atoms with E-state index < -0.39 is 14.2 Å². The van der Waals surface area contributed by atoms with E-state index in [-0.39, 0.29) is 16.7 Å². The van der Waals surface area contributed by atoms with Gasteiger partial charge in [0.25, 0.3) is 0 Å². The fourth-order valence-corrected chi connectivity index (χ4v) is 2.33. The predicted molar refractivity (Wildman–Crippen MR) is 57.3 cm³/mol. The molecule has 0 unspecified atom stereocenters. The second-order valence-corrected chi connectivity index (χ2v) is 6.65. The first-order valence-corrected chi connectivity index (χ1v) is 8.03. The molecule has 0 atom stereocenters. The van der Waals surface area contributed by atoms with Crippen molar-refractivity contribution in [1.29, 1.82) is 0 Å². The Morgan fingerprint density at radius 3 is 2.31 bits per heavy atom. The van der Waals surface area contributed by atoms with Gasteiger partial charge < -0.3 is 0 Å². The Morgan fingerprint density at radius 2 is 1.88 bits per heavy atom. The van der Waals surface area contributed by atoms with Gasteiger partial charge in [-0.3, -0.25) is 0 Å². The van der Waals surface area contributed by atoms with Crippen LogP contribution in [0.2, 0.25) is 0 Å². The summed E-state index contributed by atoms with van der Waals surface area (Å²) in [5, 5.41) is 0. The molecule has 0 fully saturated rings. The van der Waals surface area contributed by atoms with Crippen molar-refractivity contribution in [1.82, 2.24) is 0 Å². The number of esters is 1. The van der Waals surface area contributed by atoms with Gasteiger partial charge in [-0.1, -0.05) is 0 Å². The Hall–Kier alpha value is -1.03. The molecular weight excluding hydrogens is 275 g/mol. The van der Waals surface area contributed by atoms with Crippen molar-refractivity contribution >= 4 is 24.5 Å². The van der Waals surface area contributed by atoms with E-state index in [9.17, 15) is 8.53 Å². The van der Waals surface area contributed by atoms with Crippen LogP contribution >= 0.6 is 0 Å². The molecule has 0 aliphatic carbocycles. The van der Waals surface area contributed by atoms with Crippen LogP contribution in [0.4, 0.5) is 0 Å². The van der Waals surface area contributed by atoms with Crippen molar-refractivity contribution in [2.24, 2.45) is 0 Å². The summed E-state index contributed by atoms with van der Waals surface area (Å²) < 4.78 is 33.3. The Balaban J connectivity index is 2.65. The quantitative estimate of drug-likeness (QED) is 0.568. The van der Waals surface area contributed by atoms with Gasteiger partial charge in [0.15, 0.2) is 0 Å². The number of ether oxygens (including phenoxy) is 1. The summed E-state index contributed by atoms with van der Waals surface area (Å²) >= 11 is -4.78. The summed E-state index contributed by atoms with van der Waals surface area (Å²) in [6.07, 6.45) is 0.762. The normalized spacial score (nSPS) is 11.2. The summed E-state index contributed by atoms with van der Waals surface area (Å²) in [6.45, 7) is 0. The third kappa shape index (κ3) is 3.85. The molecule has 16 heavy (non-hydrogen) atoms. The zero-order valence-electron chi connectivity index (χ0n) is 8.79. The van der Waals surface area contributed by atoms with Crippen LogP contribution in [0, 0.1) is 0 Å². The molecule has 0 radical (unpaired) electrons. The molecule has 1 aromatic carbocycles. The second-order valence-electron chi connectivity index (χ2n) is 3.29. The first kappa shape index (κ1) is 13.0. The van der Waals surface area contributed by atoms with Crippen LogP contribution in [-0.4, -0.2) is 35.4 Å². The third-order valence-corrected chi connectivity index (χ3v) is 4.16. The van der Waals surface area contributed by atoms with Crippen molar-refractivity contribution in [3.63, 3.8) is 0 Å². The molecule has 5 nitrogen and oxygen atoms in total. The van der Waals surface area contributed by atoms with E-state index in [0.29, 0.717) is 6.42 Å². The summed E-state index contributed by atoms with van der Waals surface area (Å²) in [7, 11) is 1.32. The number of rotatable bonds is 4. The molecule has 2 N–H and O–H groups in total. The molecule has 0 aliphatic heterocycles. The molecular formula is C10H13AsO5. The maximum atomic E-state index is 10.9. The minimum atomic E-state index is -4.78. The number of methoxy groups -OCH3 is 1. The molecule has 1 aromatic rings. The van der Waals surface area contributed by atoms with Crippen molar-refractivity contribution in [2.75, 3.05) is 7.11 Å². The number of carbonyl (C=O) groups is 1. The van der Waals surface area contributed by atoms with Crippen LogP contribution < -0.4 is 4.35 Å². The molecule has 0 heterocycles. The zero-order chi connectivity index (χ0) is 12.2. The summed E-state index contributed by atoms with van der Waals surface area (Å²) in [5.74, 6) is -0.303. The van der Waals surface area contributed by atoms with E-state index in [4.69, 9.17) is 8.19 Å². The molecule has 0 spiro atoms. The number of hydrogen-bond donors (Lipinski definition) is 2. The number of carbonyl (C=O) groups excluding carboxylic acids is 1. The van der Waals surface area contributed by atoms with Gasteiger partial charge in [0.1, 0.15) is 0 Å². The van der Waals surface area contributed by atoms with E-state index in [1.165, 1.54) is 19.2 Å². The Bertz CT molecular complexity index is 406. The van der Waals surface area contributed by atoms with Crippen molar-refractivity contribution < 1.29 is 21.5 Å². The van der Waals surface area contributed by atoms with Gasteiger partial charge in [0.2, 0.25) is 0 Å². The SMILES string of the molecule is COC(=O)CCc1ccc([As](=O)(O)O)cc1. The summed E-state index contributed by atoms with van der Waals surface area (Å²) in [6, 6.07) is 6.01. The average molecular weight is 288 g/mol. The van der Waals surface area contributed by atoms with E-state index in [1.54, 1.807) is 12.1 Å². The number of hydrogen-bond acceptors (Lipinski definition) is 3. The predicted octanol–water partition coefficient (Wildman–Crippen LogP) is -0.647. The van der Waals surface area contributed by atoms with Gasteiger partial charge >= 0.3 is 95.7 Å². The maximum absolute atomic E-state index is 10.9. The van der Waals surface area contributed by atoms with Crippen LogP contribution in [0.15, 0.2) is 24.3 Å². The third-order valence-electron chi connectivity index (χ3n) is 2.12. The molecule has 0 saturated heterocycles. The Morgan fingerprint density at radius 1 is 1.31 bits per heavy atom. The van der Waals surface area contributed by atoms with E-state index >= 15 is 0 Å². The van der Waals surface area contributed by atoms with Crippen LogP contribution in [0.5, 0.6) is 0 Å². The fourth-order valence-electron chi connectivity index (χ4n) is 1.21. The summed E-state index contributed by atoms with van der Waals surface area (Å²) in [4.78, 5) is 10.9. The van der Waals surface area contributed by atoms with E-state index in [1.807, 2.05) is 0 Å². The van der Waals surface area contributed by atoms with Gasteiger partial charge in [0.05, 0.1) is 0 Å². The van der Waals surface area contributed by atoms with Gasteiger partial charge in [0, 0.05) is 0 Å². The van der Waals surface area contributed by atoms with Crippen molar-refractivity contribution in [3.05, 3.63) is 29.8 Å². The molecule has 0 saturated carbocycles. The molecule has 0 aliphatic rings. The van der Waals surface area contributed by atoms with Crippen molar-refractivity contribution in [2.45, 2.75) is 12.8 Å². The van der Waals surface area contributed by atoms with Gasteiger partial charge in [-0.15, -0.1) is 0 Å². The monoisotopic (exact) mass is 288 g/mol. The van der Waals surface area contributed by atoms with Gasteiger partial charge in [-0.25, -0.2) is 0 Å². The molecule has 6 heteroatoms. The Labute approximate surface area is 96.1 Å². The van der Waals surface area contributed by atoms with Crippen LogP contribution in [0.3, 0.4) is 0 Å². The van der Waals surface area contributed by atoms with Crippen LogP contribution in [0.1, 0.15) is 12.0 Å². The topological polar surface area (TPSA) is 83.8 Å². The van der Waals surface area contributed by atoms with Crippen LogP contribution in [-0.2, 0) is 19.7 Å². The number of aryl methyl sites for hydroxylation is 1. The molecule has 1 rings (SSSR count). The fraction of sp³-hybridized carbons (Fsp3) is 0.300. The first-order valence-electron chi connectivity index (χ1n) is 4.65. The second kappa shape index (κ2) is 5.34. The number of benzene rings is 1. The first-order chi connectivity index (χ1) is 7.43. The van der Waals surface area contributed by atoms with Crippen molar-refractivity contribution in [3.8, 4) is 0 Å². The van der Waals surface area contributed by atoms with Gasteiger partial charge in [-0.05, 0) is 0 Å². The molecule has 0 amide bonds. The standard InChI is InChI=1S/C10H13AsO5/c1-16-10(12)7-4-8-2-5-9(6-3-8)11(13,14)15/h2-3,5-6H,4,7H2,1H3,(H2,13,14,15). The minimum absolute atomic E-state index is 0.0416. The molecule has 0 bridgehead atoms. The summed E-state index contributed by atoms with van der Waals surface area (Å²) in [5.41, 5.74) is 0.845. The van der Waals surface area contributed by atoms with Gasteiger partial charge in [-0.2, -0.15) is 0 Å². The van der Waals surface area contributed by atoms with E-state index in [0.717, 1.165) is 5.56 Å². The Kier molecular flexibility index (Phi) is 4.35.